The molecule has 0 aromatic heterocycles. The van der Waals surface area contributed by atoms with E-state index in [1.165, 1.54) is 13.2 Å². The lowest BCUT2D eigenvalue weighted by molar-refractivity contribution is -0.139. The minimum atomic E-state index is -1.06. The molecule has 6 heteroatoms. The minimum absolute atomic E-state index is 0.00608. The first-order chi connectivity index (χ1) is 9.08. The van der Waals surface area contributed by atoms with E-state index in [0.717, 1.165) is 18.2 Å². The van der Waals surface area contributed by atoms with Gasteiger partial charge >= 0.3 is 5.97 Å². The number of carbonyl (C=O) groups excluding carboxylic acids is 1. The van der Waals surface area contributed by atoms with Crippen LogP contribution in [0.2, 0.25) is 0 Å². The summed E-state index contributed by atoms with van der Waals surface area (Å²) in [7, 11) is 1.44. The van der Waals surface area contributed by atoms with Gasteiger partial charge in [0.05, 0.1) is 6.61 Å². The first-order valence-corrected chi connectivity index (χ1v) is 5.31. The highest BCUT2D eigenvalue weighted by molar-refractivity contribution is 5.97. The van der Waals surface area contributed by atoms with E-state index in [1.54, 1.807) is 6.07 Å². The Labute approximate surface area is 108 Å². The number of esters is 1. The fourth-order valence-electron chi connectivity index (χ4n) is 1.20. The SMILES string of the molecule is COCCOC(=O)C(C#N)=Cc1ccc(F)c(F)c1. The van der Waals surface area contributed by atoms with E-state index in [1.807, 2.05) is 0 Å². The molecule has 0 aliphatic carbocycles. The van der Waals surface area contributed by atoms with Crippen molar-refractivity contribution in [2.75, 3.05) is 20.3 Å². The standard InChI is InChI=1S/C13H11F2NO3/c1-18-4-5-19-13(17)10(8-16)6-9-2-3-11(14)12(15)7-9/h2-3,6-7H,4-5H2,1H3. The summed E-state index contributed by atoms with van der Waals surface area (Å²) in [4.78, 5) is 11.5. The van der Waals surface area contributed by atoms with Crippen LogP contribution in [0.1, 0.15) is 5.56 Å². The molecule has 0 saturated carbocycles. The van der Waals surface area contributed by atoms with Crippen molar-refractivity contribution in [1.29, 1.82) is 5.26 Å². The summed E-state index contributed by atoms with van der Waals surface area (Å²) in [5.41, 5.74) is -0.110. The molecule has 0 spiro atoms. The molecule has 1 aromatic carbocycles. The largest absolute Gasteiger partial charge is 0.459 e. The normalized spacial score (nSPS) is 10.9. The van der Waals surface area contributed by atoms with Crippen molar-refractivity contribution in [2.45, 2.75) is 0 Å². The third-order valence-corrected chi connectivity index (χ3v) is 2.12. The second-order valence-electron chi connectivity index (χ2n) is 3.47. The van der Waals surface area contributed by atoms with Gasteiger partial charge in [-0.25, -0.2) is 13.6 Å². The van der Waals surface area contributed by atoms with Gasteiger partial charge in [-0.05, 0) is 23.8 Å². The number of hydrogen-bond acceptors (Lipinski definition) is 4. The first-order valence-electron chi connectivity index (χ1n) is 5.31. The number of carbonyl (C=O) groups is 1. The quantitative estimate of drug-likeness (QED) is 0.354. The van der Waals surface area contributed by atoms with Crippen molar-refractivity contribution >= 4 is 12.0 Å². The highest BCUT2D eigenvalue weighted by Gasteiger charge is 2.11. The molecule has 0 bridgehead atoms. The maximum absolute atomic E-state index is 13.0. The van der Waals surface area contributed by atoms with Gasteiger partial charge in [0, 0.05) is 7.11 Å². The van der Waals surface area contributed by atoms with E-state index in [0.29, 0.717) is 0 Å². The molecular formula is C13H11F2NO3. The van der Waals surface area contributed by atoms with Crippen LogP contribution in [0, 0.1) is 23.0 Å². The highest BCUT2D eigenvalue weighted by atomic mass is 19.2. The van der Waals surface area contributed by atoms with Crippen LogP contribution >= 0.6 is 0 Å². The average molecular weight is 267 g/mol. The third-order valence-electron chi connectivity index (χ3n) is 2.12. The second kappa shape index (κ2) is 7.24. The van der Waals surface area contributed by atoms with E-state index in [2.05, 4.69) is 4.74 Å². The molecule has 1 rings (SSSR count). The number of nitriles is 1. The van der Waals surface area contributed by atoms with Gasteiger partial charge in [-0.2, -0.15) is 5.26 Å². The zero-order chi connectivity index (χ0) is 14.3. The van der Waals surface area contributed by atoms with E-state index < -0.39 is 17.6 Å². The highest BCUT2D eigenvalue weighted by Crippen LogP contribution is 2.12. The molecule has 0 amide bonds. The summed E-state index contributed by atoms with van der Waals surface area (Å²) in [5, 5.41) is 8.82. The molecule has 0 unspecified atom stereocenters. The molecule has 100 valence electrons. The molecule has 0 radical (unpaired) electrons. The maximum Gasteiger partial charge on any atom is 0.348 e. The second-order valence-corrected chi connectivity index (χ2v) is 3.47. The van der Waals surface area contributed by atoms with Crippen molar-refractivity contribution in [3.05, 3.63) is 41.0 Å². The van der Waals surface area contributed by atoms with Crippen molar-refractivity contribution in [2.24, 2.45) is 0 Å². The van der Waals surface area contributed by atoms with Gasteiger partial charge in [0.15, 0.2) is 11.6 Å². The molecule has 0 heterocycles. The van der Waals surface area contributed by atoms with Gasteiger partial charge in [-0.15, -0.1) is 0 Å². The Morgan fingerprint density at radius 2 is 2.11 bits per heavy atom. The van der Waals surface area contributed by atoms with Gasteiger partial charge < -0.3 is 9.47 Å². The Balaban J connectivity index is 2.84. The minimum Gasteiger partial charge on any atom is -0.459 e. The Bertz CT molecular complexity index is 535. The molecule has 4 nitrogen and oxygen atoms in total. The zero-order valence-corrected chi connectivity index (χ0v) is 10.2. The fraction of sp³-hybridized carbons (Fsp3) is 0.231. The summed E-state index contributed by atoms with van der Waals surface area (Å²) in [6, 6.07) is 4.68. The van der Waals surface area contributed by atoms with Crippen molar-refractivity contribution in [1.82, 2.24) is 0 Å². The number of hydrogen-bond donors (Lipinski definition) is 0. The van der Waals surface area contributed by atoms with Crippen LogP contribution in [0.4, 0.5) is 8.78 Å². The van der Waals surface area contributed by atoms with Gasteiger partial charge in [-0.3, -0.25) is 0 Å². The van der Waals surface area contributed by atoms with Crippen molar-refractivity contribution < 1.29 is 23.0 Å². The van der Waals surface area contributed by atoms with Gasteiger partial charge in [0.2, 0.25) is 0 Å². The Morgan fingerprint density at radius 3 is 2.68 bits per heavy atom. The molecular weight excluding hydrogens is 256 g/mol. The van der Waals surface area contributed by atoms with Crippen LogP contribution in [0.3, 0.4) is 0 Å². The van der Waals surface area contributed by atoms with Crippen LogP contribution in [0.25, 0.3) is 6.08 Å². The molecule has 0 aliphatic heterocycles. The van der Waals surface area contributed by atoms with Crippen LogP contribution in [0.5, 0.6) is 0 Å². The van der Waals surface area contributed by atoms with Crippen LogP contribution in [0.15, 0.2) is 23.8 Å². The summed E-state index contributed by atoms with van der Waals surface area (Å²) in [5.74, 6) is -2.90. The van der Waals surface area contributed by atoms with Crippen LogP contribution in [-0.2, 0) is 14.3 Å². The van der Waals surface area contributed by atoms with E-state index >= 15 is 0 Å². The molecule has 19 heavy (non-hydrogen) atoms. The van der Waals surface area contributed by atoms with E-state index in [-0.39, 0.29) is 24.4 Å². The maximum atomic E-state index is 13.0. The molecule has 0 fully saturated rings. The number of nitrogens with zero attached hydrogens (tertiary/aromatic N) is 1. The lowest BCUT2D eigenvalue weighted by Crippen LogP contribution is -2.11. The van der Waals surface area contributed by atoms with Crippen LogP contribution in [-0.4, -0.2) is 26.3 Å². The topological polar surface area (TPSA) is 59.3 Å². The Hall–Kier alpha value is -2.26. The zero-order valence-electron chi connectivity index (χ0n) is 10.2. The monoisotopic (exact) mass is 267 g/mol. The number of ether oxygens (including phenoxy) is 2. The van der Waals surface area contributed by atoms with Crippen molar-refractivity contribution in [3.8, 4) is 6.07 Å². The summed E-state index contributed by atoms with van der Waals surface area (Å²) in [6.45, 7) is 0.210. The van der Waals surface area contributed by atoms with Gasteiger partial charge in [0.25, 0.3) is 0 Å². The third kappa shape index (κ3) is 4.48. The lowest BCUT2D eigenvalue weighted by Gasteiger charge is -2.03. The predicted molar refractivity (Wildman–Crippen MR) is 62.8 cm³/mol. The number of halogens is 2. The summed E-state index contributed by atoms with van der Waals surface area (Å²) in [6.07, 6.45) is 1.12. The number of benzene rings is 1. The summed E-state index contributed by atoms with van der Waals surface area (Å²) >= 11 is 0. The molecule has 0 saturated heterocycles. The lowest BCUT2D eigenvalue weighted by atomic mass is 10.1. The molecule has 0 N–H and O–H groups in total. The average Bonchev–Trinajstić information content (AvgIpc) is 2.40. The predicted octanol–water partition coefficient (Wildman–Crippen LogP) is 2.06. The van der Waals surface area contributed by atoms with Crippen LogP contribution < -0.4 is 0 Å². The molecule has 1 aromatic rings. The smallest absolute Gasteiger partial charge is 0.348 e. The van der Waals surface area contributed by atoms with Gasteiger partial charge in [0.1, 0.15) is 18.2 Å². The first kappa shape index (κ1) is 14.8. The van der Waals surface area contributed by atoms with Gasteiger partial charge in [-0.1, -0.05) is 6.07 Å². The number of methoxy groups -OCH3 is 1. The number of rotatable bonds is 5. The summed E-state index contributed by atoms with van der Waals surface area (Å²) < 4.78 is 35.1. The Kier molecular flexibility index (Phi) is 5.64. The molecule has 0 aliphatic rings. The van der Waals surface area contributed by atoms with E-state index in [9.17, 15) is 13.6 Å². The van der Waals surface area contributed by atoms with Crippen molar-refractivity contribution in [3.63, 3.8) is 0 Å². The molecule has 0 atom stereocenters. The van der Waals surface area contributed by atoms with E-state index in [4.69, 9.17) is 10.00 Å². The fourth-order valence-corrected chi connectivity index (χ4v) is 1.20. The Morgan fingerprint density at radius 1 is 1.37 bits per heavy atom.